The van der Waals surface area contributed by atoms with Crippen LogP contribution >= 0.6 is 12.4 Å². The molecule has 118 valence electrons. The number of nitrogen functional groups attached to an aromatic ring is 1. The minimum Gasteiger partial charge on any atom is -0.481 e. The minimum atomic E-state index is -0.552. The van der Waals surface area contributed by atoms with E-state index in [-0.39, 0.29) is 18.3 Å². The summed E-state index contributed by atoms with van der Waals surface area (Å²) in [5, 5.41) is 2.77. The molecule has 22 heavy (non-hydrogen) atoms. The number of pyridine rings is 1. The highest BCUT2D eigenvalue weighted by Gasteiger charge is 2.18. The van der Waals surface area contributed by atoms with Crippen molar-refractivity contribution in [2.45, 2.75) is 26.4 Å². The molecule has 2 aromatic rings. The minimum absolute atomic E-state index is 0. The fourth-order valence-corrected chi connectivity index (χ4v) is 1.88. The lowest BCUT2D eigenvalue weighted by Crippen LogP contribution is -2.32. The summed E-state index contributed by atoms with van der Waals surface area (Å²) >= 11 is 0. The van der Waals surface area contributed by atoms with E-state index in [1.165, 1.54) is 6.20 Å². The van der Waals surface area contributed by atoms with Crippen molar-refractivity contribution >= 4 is 29.8 Å². The first-order valence-electron chi connectivity index (χ1n) is 6.84. The number of nitrogens with two attached hydrogens (primary N) is 1. The van der Waals surface area contributed by atoms with Gasteiger partial charge in [0.15, 0.2) is 6.10 Å². The molecule has 6 heteroatoms. The van der Waals surface area contributed by atoms with Crippen LogP contribution in [0.4, 0.5) is 11.5 Å². The van der Waals surface area contributed by atoms with Crippen LogP contribution in [0.5, 0.6) is 5.75 Å². The van der Waals surface area contributed by atoms with Gasteiger partial charge in [0.1, 0.15) is 11.6 Å². The number of amides is 1. The predicted octanol–water partition coefficient (Wildman–Crippen LogP) is 3.19. The van der Waals surface area contributed by atoms with Gasteiger partial charge >= 0.3 is 0 Å². The first-order valence-corrected chi connectivity index (χ1v) is 6.84. The Kier molecular flexibility index (Phi) is 6.66. The van der Waals surface area contributed by atoms with Crippen LogP contribution in [-0.2, 0) is 4.79 Å². The van der Waals surface area contributed by atoms with Crippen LogP contribution in [0.15, 0.2) is 42.6 Å². The number of anilines is 2. The van der Waals surface area contributed by atoms with Gasteiger partial charge in [0.05, 0.1) is 11.9 Å². The van der Waals surface area contributed by atoms with E-state index in [0.717, 1.165) is 5.56 Å². The van der Waals surface area contributed by atoms with E-state index in [0.29, 0.717) is 23.7 Å². The summed E-state index contributed by atoms with van der Waals surface area (Å²) in [5.41, 5.74) is 7.20. The number of carbonyl (C=O) groups is 1. The summed E-state index contributed by atoms with van der Waals surface area (Å²) < 4.78 is 5.75. The third-order valence-electron chi connectivity index (χ3n) is 2.98. The number of aromatic nitrogens is 1. The summed E-state index contributed by atoms with van der Waals surface area (Å²) in [4.78, 5) is 16.2. The number of nitrogens with one attached hydrogen (secondary N) is 1. The molecule has 0 saturated heterocycles. The molecule has 2 rings (SSSR count). The molecule has 1 amide bonds. The molecule has 1 heterocycles. The SMILES string of the molecule is CCC(Oc1cccc(C)c1)C(=O)Nc1ccc(N)nc1.Cl. The van der Waals surface area contributed by atoms with Gasteiger partial charge in [-0.1, -0.05) is 19.1 Å². The van der Waals surface area contributed by atoms with Crippen LogP contribution < -0.4 is 15.8 Å². The highest BCUT2D eigenvalue weighted by Crippen LogP contribution is 2.16. The van der Waals surface area contributed by atoms with E-state index < -0.39 is 6.10 Å². The maximum absolute atomic E-state index is 12.2. The van der Waals surface area contributed by atoms with Crippen molar-refractivity contribution in [1.29, 1.82) is 0 Å². The van der Waals surface area contributed by atoms with Crippen molar-refractivity contribution in [1.82, 2.24) is 4.98 Å². The van der Waals surface area contributed by atoms with E-state index >= 15 is 0 Å². The van der Waals surface area contributed by atoms with Gasteiger partial charge in [-0.3, -0.25) is 4.79 Å². The Hall–Kier alpha value is -2.27. The van der Waals surface area contributed by atoms with E-state index in [1.54, 1.807) is 12.1 Å². The standard InChI is InChI=1S/C16H19N3O2.ClH/c1-3-14(21-13-6-4-5-11(2)9-13)16(20)19-12-7-8-15(17)18-10-12;/h4-10,14H,3H2,1-2H3,(H2,17,18)(H,19,20);1H. The molecule has 5 nitrogen and oxygen atoms in total. The molecule has 3 N–H and O–H groups in total. The van der Waals surface area contributed by atoms with Crippen LogP contribution in [0, 0.1) is 6.92 Å². The number of benzene rings is 1. The zero-order valence-corrected chi connectivity index (χ0v) is 13.4. The molecule has 0 saturated carbocycles. The molecule has 0 aliphatic carbocycles. The average Bonchev–Trinajstić information content (AvgIpc) is 2.47. The summed E-state index contributed by atoms with van der Waals surface area (Å²) in [6, 6.07) is 11.0. The van der Waals surface area contributed by atoms with Gasteiger partial charge in [-0.2, -0.15) is 0 Å². The summed E-state index contributed by atoms with van der Waals surface area (Å²) in [5.74, 6) is 0.897. The molecule has 1 aromatic heterocycles. The van der Waals surface area contributed by atoms with E-state index in [4.69, 9.17) is 10.5 Å². The lowest BCUT2D eigenvalue weighted by Gasteiger charge is -2.17. The van der Waals surface area contributed by atoms with Gasteiger partial charge in [0.25, 0.3) is 5.91 Å². The molecule has 0 aliphatic rings. The zero-order valence-electron chi connectivity index (χ0n) is 12.6. The largest absolute Gasteiger partial charge is 0.481 e. The number of ether oxygens (including phenoxy) is 1. The first kappa shape index (κ1) is 17.8. The molecule has 0 spiro atoms. The molecule has 1 aromatic carbocycles. The van der Waals surface area contributed by atoms with Crippen LogP contribution in [0.1, 0.15) is 18.9 Å². The van der Waals surface area contributed by atoms with Gasteiger partial charge < -0.3 is 15.8 Å². The Balaban J connectivity index is 0.00000242. The predicted molar refractivity (Wildman–Crippen MR) is 90.4 cm³/mol. The number of carbonyl (C=O) groups excluding carboxylic acids is 1. The molecule has 0 fully saturated rings. The monoisotopic (exact) mass is 321 g/mol. The lowest BCUT2D eigenvalue weighted by atomic mass is 10.2. The van der Waals surface area contributed by atoms with Gasteiger partial charge in [-0.15, -0.1) is 12.4 Å². The van der Waals surface area contributed by atoms with Gasteiger partial charge in [0.2, 0.25) is 0 Å². The van der Waals surface area contributed by atoms with E-state index in [2.05, 4.69) is 10.3 Å². The van der Waals surface area contributed by atoms with Crippen LogP contribution in [0.25, 0.3) is 0 Å². The maximum Gasteiger partial charge on any atom is 0.265 e. The Morgan fingerprint density at radius 3 is 2.73 bits per heavy atom. The second-order valence-corrected chi connectivity index (χ2v) is 4.79. The molecular weight excluding hydrogens is 302 g/mol. The van der Waals surface area contributed by atoms with E-state index in [9.17, 15) is 4.79 Å². The number of halogens is 1. The average molecular weight is 322 g/mol. The van der Waals surface area contributed by atoms with Crippen molar-refractivity contribution in [3.8, 4) is 5.75 Å². The fourth-order valence-electron chi connectivity index (χ4n) is 1.88. The molecule has 0 radical (unpaired) electrons. The summed E-state index contributed by atoms with van der Waals surface area (Å²) in [6.07, 6.45) is 1.54. The third kappa shape index (κ3) is 4.93. The van der Waals surface area contributed by atoms with Crippen LogP contribution in [-0.4, -0.2) is 17.0 Å². The van der Waals surface area contributed by atoms with Crippen molar-refractivity contribution in [2.75, 3.05) is 11.1 Å². The van der Waals surface area contributed by atoms with Gasteiger partial charge in [-0.05, 0) is 43.2 Å². The lowest BCUT2D eigenvalue weighted by molar-refractivity contribution is -0.122. The molecule has 0 aliphatic heterocycles. The van der Waals surface area contributed by atoms with Crippen LogP contribution in [0.2, 0.25) is 0 Å². The Morgan fingerprint density at radius 2 is 2.14 bits per heavy atom. The Morgan fingerprint density at radius 1 is 1.36 bits per heavy atom. The highest BCUT2D eigenvalue weighted by atomic mass is 35.5. The van der Waals surface area contributed by atoms with E-state index in [1.807, 2.05) is 38.1 Å². The second kappa shape index (κ2) is 8.24. The molecular formula is C16H20ClN3O2. The summed E-state index contributed by atoms with van der Waals surface area (Å²) in [6.45, 7) is 3.88. The smallest absolute Gasteiger partial charge is 0.265 e. The van der Waals surface area contributed by atoms with Crippen molar-refractivity contribution < 1.29 is 9.53 Å². The molecule has 1 atom stereocenters. The first-order chi connectivity index (χ1) is 10.1. The number of nitrogens with zero attached hydrogens (tertiary/aromatic N) is 1. The fraction of sp³-hybridized carbons (Fsp3) is 0.250. The normalized spacial score (nSPS) is 11.2. The number of hydrogen-bond acceptors (Lipinski definition) is 4. The van der Waals surface area contributed by atoms with Crippen molar-refractivity contribution in [3.05, 3.63) is 48.2 Å². The highest BCUT2D eigenvalue weighted by molar-refractivity contribution is 5.94. The maximum atomic E-state index is 12.2. The molecule has 0 bridgehead atoms. The summed E-state index contributed by atoms with van der Waals surface area (Å²) in [7, 11) is 0. The Labute approximate surface area is 136 Å². The molecule has 1 unspecified atom stereocenters. The second-order valence-electron chi connectivity index (χ2n) is 4.79. The van der Waals surface area contributed by atoms with Gasteiger partial charge in [0, 0.05) is 0 Å². The van der Waals surface area contributed by atoms with Crippen molar-refractivity contribution in [2.24, 2.45) is 0 Å². The van der Waals surface area contributed by atoms with Crippen molar-refractivity contribution in [3.63, 3.8) is 0 Å². The number of hydrogen-bond donors (Lipinski definition) is 2. The van der Waals surface area contributed by atoms with Gasteiger partial charge in [-0.25, -0.2) is 4.98 Å². The Bertz CT molecular complexity index is 617. The zero-order chi connectivity index (χ0) is 15.2. The van der Waals surface area contributed by atoms with Crippen LogP contribution in [0.3, 0.4) is 0 Å². The number of rotatable bonds is 5. The number of aryl methyl sites for hydroxylation is 1. The topological polar surface area (TPSA) is 77.2 Å². The quantitative estimate of drug-likeness (QED) is 0.886. The third-order valence-corrected chi connectivity index (χ3v) is 2.98.